The maximum Gasteiger partial charge on any atom is 0.224 e. The largest absolute Gasteiger partial charge is 0.352 e. The van der Waals surface area contributed by atoms with E-state index >= 15 is 0 Å². The molecule has 0 aromatic heterocycles. The summed E-state index contributed by atoms with van der Waals surface area (Å²) in [7, 11) is 0. The number of rotatable bonds is 3. The van der Waals surface area contributed by atoms with Crippen LogP contribution in [0.4, 0.5) is 4.39 Å². The summed E-state index contributed by atoms with van der Waals surface area (Å²) < 4.78 is 13.0. The highest BCUT2D eigenvalue weighted by molar-refractivity contribution is 5.78. The summed E-state index contributed by atoms with van der Waals surface area (Å²) in [6.45, 7) is 0. The standard InChI is InChI=1S/C14H19FN2O/c15-11-5-3-4-10(8-11)9-14(18)17-13-7-2-1-6-12(13)16/h3-5,8,12-13H,1-2,6-7,9,16H2,(H,17,18). The summed E-state index contributed by atoms with van der Waals surface area (Å²) in [5.74, 6) is -0.391. The van der Waals surface area contributed by atoms with Gasteiger partial charge in [-0.25, -0.2) is 4.39 Å². The molecule has 2 unspecified atom stereocenters. The van der Waals surface area contributed by atoms with Gasteiger partial charge in [-0.3, -0.25) is 4.79 Å². The first-order valence-electron chi connectivity index (χ1n) is 6.44. The van der Waals surface area contributed by atoms with Crippen molar-refractivity contribution in [3.63, 3.8) is 0 Å². The van der Waals surface area contributed by atoms with Gasteiger partial charge in [0, 0.05) is 12.1 Å². The zero-order valence-electron chi connectivity index (χ0n) is 10.4. The monoisotopic (exact) mass is 250 g/mol. The van der Waals surface area contributed by atoms with E-state index in [-0.39, 0.29) is 30.2 Å². The molecule has 1 aromatic rings. The average molecular weight is 250 g/mol. The van der Waals surface area contributed by atoms with Crippen molar-refractivity contribution in [2.24, 2.45) is 5.73 Å². The molecule has 0 saturated heterocycles. The van der Waals surface area contributed by atoms with Gasteiger partial charge in [0.25, 0.3) is 0 Å². The van der Waals surface area contributed by atoms with Crippen LogP contribution in [0.15, 0.2) is 24.3 Å². The maximum atomic E-state index is 13.0. The predicted molar refractivity (Wildman–Crippen MR) is 68.5 cm³/mol. The van der Waals surface area contributed by atoms with E-state index in [1.54, 1.807) is 12.1 Å². The Morgan fingerprint density at radius 1 is 1.39 bits per heavy atom. The molecule has 1 fully saturated rings. The molecular formula is C14H19FN2O. The minimum Gasteiger partial charge on any atom is -0.352 e. The molecule has 0 spiro atoms. The Kier molecular flexibility index (Phi) is 4.31. The fraction of sp³-hybridized carbons (Fsp3) is 0.500. The first-order valence-corrected chi connectivity index (χ1v) is 6.44. The zero-order valence-corrected chi connectivity index (χ0v) is 10.4. The van der Waals surface area contributed by atoms with Gasteiger partial charge in [-0.1, -0.05) is 25.0 Å². The molecule has 0 bridgehead atoms. The topological polar surface area (TPSA) is 55.1 Å². The Balaban J connectivity index is 1.88. The zero-order chi connectivity index (χ0) is 13.0. The summed E-state index contributed by atoms with van der Waals surface area (Å²) in [6, 6.07) is 6.25. The van der Waals surface area contributed by atoms with Gasteiger partial charge < -0.3 is 11.1 Å². The number of nitrogens with one attached hydrogen (secondary N) is 1. The van der Waals surface area contributed by atoms with Crippen LogP contribution in [-0.4, -0.2) is 18.0 Å². The van der Waals surface area contributed by atoms with Crippen molar-refractivity contribution < 1.29 is 9.18 Å². The Hall–Kier alpha value is -1.42. The average Bonchev–Trinajstić information content (AvgIpc) is 2.32. The Bertz CT molecular complexity index is 422. The highest BCUT2D eigenvalue weighted by atomic mass is 19.1. The number of carbonyl (C=O) groups is 1. The molecule has 0 radical (unpaired) electrons. The van der Waals surface area contributed by atoms with Crippen LogP contribution in [0.1, 0.15) is 31.2 Å². The van der Waals surface area contributed by atoms with Crippen LogP contribution >= 0.6 is 0 Å². The maximum absolute atomic E-state index is 13.0. The van der Waals surface area contributed by atoms with Crippen molar-refractivity contribution in [1.82, 2.24) is 5.32 Å². The van der Waals surface area contributed by atoms with Crippen molar-refractivity contribution in [3.8, 4) is 0 Å². The number of hydrogen-bond acceptors (Lipinski definition) is 2. The van der Waals surface area contributed by atoms with E-state index in [0.717, 1.165) is 25.7 Å². The number of amides is 1. The lowest BCUT2D eigenvalue weighted by atomic mass is 9.91. The van der Waals surface area contributed by atoms with Crippen LogP contribution in [0.3, 0.4) is 0 Å². The molecule has 1 aromatic carbocycles. The van der Waals surface area contributed by atoms with Crippen LogP contribution in [0.25, 0.3) is 0 Å². The van der Waals surface area contributed by atoms with Gasteiger partial charge in [-0.05, 0) is 30.5 Å². The Labute approximate surface area is 107 Å². The van der Waals surface area contributed by atoms with E-state index < -0.39 is 0 Å². The second kappa shape index (κ2) is 5.96. The molecule has 4 heteroatoms. The summed E-state index contributed by atoms with van der Waals surface area (Å²) in [5, 5.41) is 2.95. The molecule has 3 nitrogen and oxygen atoms in total. The minimum atomic E-state index is -0.310. The van der Waals surface area contributed by atoms with Gasteiger partial charge in [0.2, 0.25) is 5.91 Å². The third kappa shape index (κ3) is 3.53. The third-order valence-corrected chi connectivity index (χ3v) is 3.42. The summed E-state index contributed by atoms with van der Waals surface area (Å²) in [4.78, 5) is 11.8. The summed E-state index contributed by atoms with van der Waals surface area (Å²) in [5.41, 5.74) is 6.66. The number of carbonyl (C=O) groups excluding carboxylic acids is 1. The number of halogens is 1. The normalized spacial score (nSPS) is 23.7. The van der Waals surface area contributed by atoms with Crippen molar-refractivity contribution in [2.45, 2.75) is 44.2 Å². The molecule has 0 heterocycles. The van der Waals surface area contributed by atoms with Crippen molar-refractivity contribution >= 4 is 5.91 Å². The number of nitrogens with two attached hydrogens (primary N) is 1. The molecule has 1 aliphatic rings. The Morgan fingerprint density at radius 2 is 2.17 bits per heavy atom. The molecule has 1 saturated carbocycles. The molecule has 0 aliphatic heterocycles. The highest BCUT2D eigenvalue weighted by Crippen LogP contribution is 2.17. The molecule has 1 amide bonds. The lowest BCUT2D eigenvalue weighted by Crippen LogP contribution is -2.49. The van der Waals surface area contributed by atoms with Crippen LogP contribution in [0.5, 0.6) is 0 Å². The van der Waals surface area contributed by atoms with E-state index in [9.17, 15) is 9.18 Å². The van der Waals surface area contributed by atoms with Crippen LogP contribution < -0.4 is 11.1 Å². The third-order valence-electron chi connectivity index (χ3n) is 3.42. The molecule has 2 atom stereocenters. The quantitative estimate of drug-likeness (QED) is 0.858. The molecule has 18 heavy (non-hydrogen) atoms. The lowest BCUT2D eigenvalue weighted by Gasteiger charge is -2.29. The highest BCUT2D eigenvalue weighted by Gasteiger charge is 2.23. The van der Waals surface area contributed by atoms with E-state index in [4.69, 9.17) is 5.73 Å². The number of benzene rings is 1. The first kappa shape index (κ1) is 13.0. The predicted octanol–water partition coefficient (Wildman–Crippen LogP) is 1.75. The summed E-state index contributed by atoms with van der Waals surface area (Å²) >= 11 is 0. The molecule has 3 N–H and O–H groups in total. The first-order chi connectivity index (χ1) is 8.65. The molecule has 2 rings (SSSR count). The SMILES string of the molecule is NC1CCCCC1NC(=O)Cc1cccc(F)c1. The molecule has 1 aliphatic carbocycles. The van der Waals surface area contributed by atoms with E-state index in [1.807, 2.05) is 0 Å². The minimum absolute atomic E-state index is 0.0511. The van der Waals surface area contributed by atoms with Crippen molar-refractivity contribution in [3.05, 3.63) is 35.6 Å². The van der Waals surface area contributed by atoms with Crippen LogP contribution in [0, 0.1) is 5.82 Å². The summed E-state index contributed by atoms with van der Waals surface area (Å²) in [6.07, 6.45) is 4.36. The van der Waals surface area contributed by atoms with Crippen LogP contribution in [-0.2, 0) is 11.2 Å². The van der Waals surface area contributed by atoms with Gasteiger partial charge >= 0.3 is 0 Å². The van der Waals surface area contributed by atoms with Gasteiger partial charge in [-0.2, -0.15) is 0 Å². The van der Waals surface area contributed by atoms with Gasteiger partial charge in [-0.15, -0.1) is 0 Å². The molecule has 98 valence electrons. The lowest BCUT2D eigenvalue weighted by molar-refractivity contribution is -0.121. The van der Waals surface area contributed by atoms with E-state index in [2.05, 4.69) is 5.32 Å². The second-order valence-corrected chi connectivity index (χ2v) is 4.93. The second-order valence-electron chi connectivity index (χ2n) is 4.93. The van der Waals surface area contributed by atoms with Crippen LogP contribution in [0.2, 0.25) is 0 Å². The van der Waals surface area contributed by atoms with E-state index in [0.29, 0.717) is 5.56 Å². The van der Waals surface area contributed by atoms with Gasteiger partial charge in [0.15, 0.2) is 0 Å². The van der Waals surface area contributed by atoms with Gasteiger partial charge in [0.1, 0.15) is 5.82 Å². The van der Waals surface area contributed by atoms with Gasteiger partial charge in [0.05, 0.1) is 6.42 Å². The fourth-order valence-electron chi connectivity index (χ4n) is 2.43. The Morgan fingerprint density at radius 3 is 2.89 bits per heavy atom. The molecular weight excluding hydrogens is 231 g/mol. The fourth-order valence-corrected chi connectivity index (χ4v) is 2.43. The van der Waals surface area contributed by atoms with E-state index in [1.165, 1.54) is 12.1 Å². The van der Waals surface area contributed by atoms with Crippen molar-refractivity contribution in [1.29, 1.82) is 0 Å². The number of hydrogen-bond donors (Lipinski definition) is 2. The van der Waals surface area contributed by atoms with Crippen molar-refractivity contribution in [2.75, 3.05) is 0 Å². The smallest absolute Gasteiger partial charge is 0.224 e.